The molecule has 0 spiro atoms. The van der Waals surface area contributed by atoms with Gasteiger partial charge in [-0.05, 0) is 86.9 Å². The van der Waals surface area contributed by atoms with Gasteiger partial charge in [0.05, 0.1) is 0 Å². The third kappa shape index (κ3) is 2.98. The van der Waals surface area contributed by atoms with Gasteiger partial charge in [-0.15, -0.1) is 11.6 Å². The Balaban J connectivity index is 1.30. The molecule has 5 aliphatic rings. The molecule has 1 amide bonds. The fourth-order valence-corrected chi connectivity index (χ4v) is 6.75. The maximum atomic E-state index is 12.4. The highest BCUT2D eigenvalue weighted by molar-refractivity contribution is 6.20. The van der Waals surface area contributed by atoms with Gasteiger partial charge in [0.2, 0.25) is 5.91 Å². The highest BCUT2D eigenvalue weighted by Gasteiger charge is 2.51. The molecule has 0 heterocycles. The van der Waals surface area contributed by atoms with Crippen LogP contribution in [0.4, 0.5) is 0 Å². The third-order valence-electron chi connectivity index (χ3n) is 6.77. The smallest absolute Gasteiger partial charge is 0.220 e. The summed E-state index contributed by atoms with van der Waals surface area (Å²) in [5, 5.41) is 3.57. The highest BCUT2D eigenvalue weighted by Crippen LogP contribution is 2.61. The fraction of sp³-hybridized carbons (Fsp3) is 0.944. The molecule has 21 heavy (non-hydrogen) atoms. The minimum absolute atomic E-state index is 0.315. The molecule has 0 aromatic carbocycles. The van der Waals surface area contributed by atoms with Gasteiger partial charge in [-0.25, -0.2) is 0 Å². The molecule has 2 nitrogen and oxygen atoms in total. The molecule has 2 atom stereocenters. The van der Waals surface area contributed by atoms with Gasteiger partial charge in [-0.3, -0.25) is 4.79 Å². The molecule has 4 bridgehead atoms. The molecule has 0 saturated heterocycles. The molecule has 3 heteroatoms. The molecular weight excluding hydrogens is 282 g/mol. The van der Waals surface area contributed by atoms with Crippen molar-refractivity contribution in [2.45, 2.75) is 69.6 Å². The van der Waals surface area contributed by atoms with Crippen molar-refractivity contribution in [1.82, 2.24) is 5.32 Å². The van der Waals surface area contributed by atoms with Gasteiger partial charge in [-0.2, -0.15) is 0 Å². The molecule has 2 unspecified atom stereocenters. The summed E-state index contributed by atoms with van der Waals surface area (Å²) in [6.07, 6.45) is 12.6. The van der Waals surface area contributed by atoms with Gasteiger partial charge in [0.1, 0.15) is 0 Å². The molecule has 5 aliphatic carbocycles. The number of carbonyl (C=O) groups is 1. The summed E-state index contributed by atoms with van der Waals surface area (Å²) >= 11 is 6.15. The number of carbonyl (C=O) groups excluding carboxylic acids is 1. The van der Waals surface area contributed by atoms with Gasteiger partial charge in [-0.1, -0.05) is 0 Å². The van der Waals surface area contributed by atoms with Crippen molar-refractivity contribution in [2.24, 2.45) is 29.1 Å². The summed E-state index contributed by atoms with van der Waals surface area (Å²) < 4.78 is 0. The van der Waals surface area contributed by atoms with Crippen LogP contribution in [0.25, 0.3) is 0 Å². The van der Waals surface area contributed by atoms with E-state index < -0.39 is 0 Å². The molecule has 0 aliphatic heterocycles. The van der Waals surface area contributed by atoms with Crippen LogP contribution in [0.15, 0.2) is 0 Å². The molecule has 1 N–H and O–H groups in total. The zero-order valence-electron chi connectivity index (χ0n) is 13.0. The second-order valence-electron chi connectivity index (χ2n) is 8.67. The minimum atomic E-state index is 0.315. The van der Waals surface area contributed by atoms with E-state index in [-0.39, 0.29) is 0 Å². The van der Waals surface area contributed by atoms with E-state index in [1.165, 1.54) is 44.9 Å². The van der Waals surface area contributed by atoms with Gasteiger partial charge >= 0.3 is 0 Å². The van der Waals surface area contributed by atoms with Crippen LogP contribution in [-0.4, -0.2) is 17.8 Å². The van der Waals surface area contributed by atoms with Crippen LogP contribution in [0.1, 0.15) is 64.2 Å². The molecule has 118 valence electrons. The zero-order valence-corrected chi connectivity index (χ0v) is 13.7. The van der Waals surface area contributed by atoms with Crippen molar-refractivity contribution < 1.29 is 4.79 Å². The lowest BCUT2D eigenvalue weighted by atomic mass is 9.49. The Bertz CT molecular complexity index is 386. The lowest BCUT2D eigenvalue weighted by Crippen LogP contribution is -2.48. The number of halogens is 1. The van der Waals surface area contributed by atoms with Crippen molar-refractivity contribution in [1.29, 1.82) is 0 Å². The number of rotatable bonds is 4. The van der Waals surface area contributed by atoms with Gasteiger partial charge < -0.3 is 5.32 Å². The number of amides is 1. The van der Waals surface area contributed by atoms with E-state index in [0.717, 1.165) is 43.6 Å². The maximum absolute atomic E-state index is 12.4. The van der Waals surface area contributed by atoms with Crippen LogP contribution in [0, 0.1) is 29.1 Å². The zero-order chi connectivity index (χ0) is 14.4. The monoisotopic (exact) mass is 309 g/mol. The van der Waals surface area contributed by atoms with Crippen LogP contribution in [0.2, 0.25) is 0 Å². The van der Waals surface area contributed by atoms with Crippen LogP contribution < -0.4 is 5.32 Å². The largest absolute Gasteiger partial charge is 0.356 e. The first kappa shape index (κ1) is 14.4. The average Bonchev–Trinajstić information content (AvgIpc) is 2.80. The summed E-state index contributed by atoms with van der Waals surface area (Å²) in [7, 11) is 0. The number of hydrogen-bond donors (Lipinski definition) is 1. The highest BCUT2D eigenvalue weighted by atomic mass is 35.5. The maximum Gasteiger partial charge on any atom is 0.220 e. The van der Waals surface area contributed by atoms with Crippen molar-refractivity contribution >= 4 is 17.5 Å². The van der Waals surface area contributed by atoms with E-state index in [9.17, 15) is 4.79 Å². The first-order chi connectivity index (χ1) is 10.1. The van der Waals surface area contributed by atoms with Crippen molar-refractivity contribution in [3.63, 3.8) is 0 Å². The van der Waals surface area contributed by atoms with Gasteiger partial charge in [0, 0.05) is 18.3 Å². The van der Waals surface area contributed by atoms with E-state index >= 15 is 0 Å². The van der Waals surface area contributed by atoms with Crippen molar-refractivity contribution in [3.05, 3.63) is 0 Å². The minimum Gasteiger partial charge on any atom is -0.356 e. The Morgan fingerprint density at radius 3 is 2.14 bits per heavy atom. The Hall–Kier alpha value is -0.240. The average molecular weight is 310 g/mol. The molecule has 0 radical (unpaired) electrons. The third-order valence-corrected chi connectivity index (χ3v) is 7.16. The first-order valence-electron chi connectivity index (χ1n) is 9.01. The van der Waals surface area contributed by atoms with Crippen LogP contribution >= 0.6 is 11.6 Å². The number of hydrogen-bond acceptors (Lipinski definition) is 1. The van der Waals surface area contributed by atoms with E-state index in [4.69, 9.17) is 11.6 Å². The SMILES string of the molecule is O=C(CC12CC3CC(CC(C3)C1)C2)NCC1CCC(Cl)C1. The second kappa shape index (κ2) is 5.44. The van der Waals surface area contributed by atoms with Crippen LogP contribution in [0.3, 0.4) is 0 Å². The van der Waals surface area contributed by atoms with Crippen LogP contribution in [-0.2, 0) is 4.79 Å². The normalized spacial score (nSPS) is 47.8. The number of alkyl halides is 1. The van der Waals surface area contributed by atoms with Gasteiger partial charge in [0.25, 0.3) is 0 Å². The van der Waals surface area contributed by atoms with E-state index in [1.54, 1.807) is 0 Å². The predicted molar refractivity (Wildman–Crippen MR) is 85.2 cm³/mol. The van der Waals surface area contributed by atoms with E-state index in [1.807, 2.05) is 0 Å². The van der Waals surface area contributed by atoms with Crippen LogP contribution in [0.5, 0.6) is 0 Å². The number of nitrogens with one attached hydrogen (secondary N) is 1. The Labute approximate surface area is 133 Å². The summed E-state index contributed by atoms with van der Waals surface area (Å²) in [4.78, 5) is 12.4. The summed E-state index contributed by atoms with van der Waals surface area (Å²) in [5.41, 5.74) is 0.379. The lowest BCUT2D eigenvalue weighted by molar-refractivity contribution is -0.129. The first-order valence-corrected chi connectivity index (χ1v) is 9.45. The molecule has 5 saturated carbocycles. The molecular formula is C18H28ClNO. The quantitative estimate of drug-likeness (QED) is 0.778. The Morgan fingerprint density at radius 2 is 1.62 bits per heavy atom. The van der Waals surface area contributed by atoms with Gasteiger partial charge in [0.15, 0.2) is 0 Å². The second-order valence-corrected chi connectivity index (χ2v) is 9.29. The summed E-state index contributed by atoms with van der Waals surface area (Å²) in [6.45, 7) is 0.856. The topological polar surface area (TPSA) is 29.1 Å². The molecule has 0 aromatic rings. The fourth-order valence-electron chi connectivity index (χ4n) is 6.37. The molecule has 5 rings (SSSR count). The summed E-state index contributed by atoms with van der Waals surface area (Å²) in [5.74, 6) is 3.76. The van der Waals surface area contributed by atoms with E-state index in [2.05, 4.69) is 5.32 Å². The Morgan fingerprint density at radius 1 is 1.00 bits per heavy atom. The standard InChI is InChI=1S/C18H28ClNO/c19-16-2-1-12(6-16)11-20-17(21)10-18-7-13-3-14(8-18)5-15(4-13)9-18/h12-16H,1-11H2,(H,20,21). The van der Waals surface area contributed by atoms with Crippen molar-refractivity contribution in [3.8, 4) is 0 Å². The predicted octanol–water partition coefficient (Wildman–Crippen LogP) is 4.12. The van der Waals surface area contributed by atoms with E-state index in [0.29, 0.717) is 22.6 Å². The summed E-state index contributed by atoms with van der Waals surface area (Å²) in [6, 6.07) is 0. The van der Waals surface area contributed by atoms with Crippen molar-refractivity contribution in [2.75, 3.05) is 6.54 Å². The Kier molecular flexibility index (Phi) is 3.72. The molecule has 5 fully saturated rings. The lowest BCUT2D eigenvalue weighted by Gasteiger charge is -2.56. The molecule has 0 aromatic heterocycles.